The molecule has 0 spiro atoms. The summed E-state index contributed by atoms with van der Waals surface area (Å²) in [6, 6.07) is 7.71. The molecule has 1 atom stereocenters. The number of hydrogen-bond donors (Lipinski definition) is 1. The van der Waals surface area contributed by atoms with Crippen molar-refractivity contribution in [2.24, 2.45) is 0 Å². The SMILES string of the molecule is CC(Nc1ccc(Cl)cc1)c1cnccn1. The lowest BCUT2D eigenvalue weighted by molar-refractivity contribution is 0.827. The Bertz CT molecular complexity index is 442. The van der Waals surface area contributed by atoms with Gasteiger partial charge in [-0.1, -0.05) is 11.6 Å². The highest BCUT2D eigenvalue weighted by molar-refractivity contribution is 6.30. The summed E-state index contributed by atoms with van der Waals surface area (Å²) in [5.74, 6) is 0. The second kappa shape index (κ2) is 4.94. The van der Waals surface area contributed by atoms with E-state index >= 15 is 0 Å². The number of rotatable bonds is 3. The maximum atomic E-state index is 5.82. The van der Waals surface area contributed by atoms with Gasteiger partial charge in [0.1, 0.15) is 0 Å². The highest BCUT2D eigenvalue weighted by Crippen LogP contribution is 2.18. The van der Waals surface area contributed by atoms with E-state index in [4.69, 9.17) is 11.6 Å². The van der Waals surface area contributed by atoms with Crippen LogP contribution in [-0.2, 0) is 0 Å². The number of benzene rings is 1. The first-order valence-corrected chi connectivity index (χ1v) is 5.41. The zero-order chi connectivity index (χ0) is 11.4. The van der Waals surface area contributed by atoms with Gasteiger partial charge in [0.05, 0.1) is 17.9 Å². The molecule has 0 aliphatic carbocycles. The summed E-state index contributed by atoms with van der Waals surface area (Å²) in [5.41, 5.74) is 1.93. The molecular formula is C12H12ClN3. The summed E-state index contributed by atoms with van der Waals surface area (Å²) >= 11 is 5.82. The van der Waals surface area contributed by atoms with E-state index in [2.05, 4.69) is 15.3 Å². The van der Waals surface area contributed by atoms with Crippen LogP contribution in [0.2, 0.25) is 5.02 Å². The minimum atomic E-state index is 0.120. The highest BCUT2D eigenvalue weighted by atomic mass is 35.5. The quantitative estimate of drug-likeness (QED) is 0.884. The van der Waals surface area contributed by atoms with Crippen molar-refractivity contribution < 1.29 is 0 Å². The van der Waals surface area contributed by atoms with Crippen LogP contribution >= 0.6 is 11.6 Å². The van der Waals surface area contributed by atoms with Gasteiger partial charge in [-0.3, -0.25) is 9.97 Å². The van der Waals surface area contributed by atoms with Crippen molar-refractivity contribution in [1.82, 2.24) is 9.97 Å². The fraction of sp³-hybridized carbons (Fsp3) is 0.167. The van der Waals surface area contributed by atoms with Gasteiger partial charge in [0.2, 0.25) is 0 Å². The van der Waals surface area contributed by atoms with Gasteiger partial charge in [0, 0.05) is 23.1 Å². The van der Waals surface area contributed by atoms with E-state index in [-0.39, 0.29) is 6.04 Å². The zero-order valence-corrected chi connectivity index (χ0v) is 9.65. The van der Waals surface area contributed by atoms with Crippen molar-refractivity contribution in [3.63, 3.8) is 0 Å². The Hall–Kier alpha value is -1.61. The molecule has 0 aliphatic rings. The third-order valence-corrected chi connectivity index (χ3v) is 2.51. The molecule has 2 aromatic rings. The molecule has 1 heterocycles. The van der Waals surface area contributed by atoms with Crippen LogP contribution < -0.4 is 5.32 Å². The summed E-state index contributed by atoms with van der Waals surface area (Å²) in [6.07, 6.45) is 5.11. The Morgan fingerprint density at radius 1 is 1.19 bits per heavy atom. The van der Waals surface area contributed by atoms with Crippen LogP contribution in [0.25, 0.3) is 0 Å². The monoisotopic (exact) mass is 233 g/mol. The van der Waals surface area contributed by atoms with Crippen molar-refractivity contribution in [3.05, 3.63) is 53.6 Å². The van der Waals surface area contributed by atoms with Gasteiger partial charge >= 0.3 is 0 Å². The molecule has 4 heteroatoms. The van der Waals surface area contributed by atoms with Crippen LogP contribution in [0.4, 0.5) is 5.69 Å². The Balaban J connectivity index is 2.08. The second-order valence-electron chi connectivity index (χ2n) is 3.50. The maximum Gasteiger partial charge on any atom is 0.0806 e. The van der Waals surface area contributed by atoms with Crippen LogP contribution in [0.15, 0.2) is 42.9 Å². The first-order chi connectivity index (χ1) is 7.75. The molecule has 2 rings (SSSR count). The van der Waals surface area contributed by atoms with E-state index < -0.39 is 0 Å². The summed E-state index contributed by atoms with van der Waals surface area (Å²) in [6.45, 7) is 2.04. The third-order valence-electron chi connectivity index (χ3n) is 2.25. The standard InChI is InChI=1S/C12H12ClN3/c1-9(12-8-14-6-7-15-12)16-11-4-2-10(13)3-5-11/h2-9,16H,1H3. The van der Waals surface area contributed by atoms with Crippen molar-refractivity contribution >= 4 is 17.3 Å². The molecule has 0 bridgehead atoms. The van der Waals surface area contributed by atoms with E-state index in [1.807, 2.05) is 31.2 Å². The van der Waals surface area contributed by atoms with E-state index in [1.165, 1.54) is 0 Å². The zero-order valence-electron chi connectivity index (χ0n) is 8.89. The Morgan fingerprint density at radius 3 is 2.56 bits per heavy atom. The van der Waals surface area contributed by atoms with E-state index in [0.29, 0.717) is 0 Å². The number of anilines is 1. The fourth-order valence-corrected chi connectivity index (χ4v) is 1.53. The average Bonchev–Trinajstić information content (AvgIpc) is 2.33. The van der Waals surface area contributed by atoms with Gasteiger partial charge in [-0.15, -0.1) is 0 Å². The molecule has 1 aromatic carbocycles. The summed E-state index contributed by atoms with van der Waals surface area (Å²) < 4.78 is 0. The first-order valence-electron chi connectivity index (χ1n) is 5.04. The molecule has 1 unspecified atom stereocenters. The molecule has 0 aliphatic heterocycles. The summed E-state index contributed by atoms with van der Waals surface area (Å²) in [7, 11) is 0. The molecule has 1 aromatic heterocycles. The summed E-state index contributed by atoms with van der Waals surface area (Å²) in [5, 5.41) is 4.06. The predicted octanol–water partition coefficient (Wildman–Crippen LogP) is 3.30. The molecule has 0 saturated carbocycles. The normalized spacial score (nSPS) is 12.1. The Morgan fingerprint density at radius 2 is 1.94 bits per heavy atom. The predicted molar refractivity (Wildman–Crippen MR) is 65.5 cm³/mol. The molecule has 0 fully saturated rings. The van der Waals surface area contributed by atoms with Crippen LogP contribution in [0.5, 0.6) is 0 Å². The molecule has 0 amide bonds. The van der Waals surface area contributed by atoms with Gasteiger partial charge in [-0.05, 0) is 31.2 Å². The molecule has 0 radical (unpaired) electrons. The second-order valence-corrected chi connectivity index (χ2v) is 3.94. The molecule has 82 valence electrons. The van der Waals surface area contributed by atoms with Crippen molar-refractivity contribution in [2.45, 2.75) is 13.0 Å². The Kier molecular flexibility index (Phi) is 3.37. The van der Waals surface area contributed by atoms with E-state index in [1.54, 1.807) is 18.6 Å². The van der Waals surface area contributed by atoms with Gasteiger partial charge in [-0.25, -0.2) is 0 Å². The topological polar surface area (TPSA) is 37.8 Å². The van der Waals surface area contributed by atoms with Crippen LogP contribution in [0, 0.1) is 0 Å². The van der Waals surface area contributed by atoms with E-state index in [0.717, 1.165) is 16.4 Å². The number of nitrogens with one attached hydrogen (secondary N) is 1. The number of aromatic nitrogens is 2. The number of hydrogen-bond acceptors (Lipinski definition) is 3. The largest absolute Gasteiger partial charge is 0.377 e. The Labute approximate surface area is 99.5 Å². The van der Waals surface area contributed by atoms with Gasteiger partial charge in [-0.2, -0.15) is 0 Å². The fourth-order valence-electron chi connectivity index (χ4n) is 1.40. The van der Waals surface area contributed by atoms with Gasteiger partial charge in [0.15, 0.2) is 0 Å². The number of nitrogens with zero attached hydrogens (tertiary/aromatic N) is 2. The van der Waals surface area contributed by atoms with Crippen LogP contribution in [0.1, 0.15) is 18.7 Å². The van der Waals surface area contributed by atoms with E-state index in [9.17, 15) is 0 Å². The lowest BCUT2D eigenvalue weighted by Crippen LogP contribution is -2.08. The van der Waals surface area contributed by atoms with Gasteiger partial charge < -0.3 is 5.32 Å². The molecule has 1 N–H and O–H groups in total. The van der Waals surface area contributed by atoms with Crippen LogP contribution in [0.3, 0.4) is 0 Å². The minimum Gasteiger partial charge on any atom is -0.377 e. The van der Waals surface area contributed by atoms with Gasteiger partial charge in [0.25, 0.3) is 0 Å². The highest BCUT2D eigenvalue weighted by Gasteiger charge is 2.05. The maximum absolute atomic E-state index is 5.82. The molecule has 0 saturated heterocycles. The van der Waals surface area contributed by atoms with Crippen molar-refractivity contribution in [1.29, 1.82) is 0 Å². The van der Waals surface area contributed by atoms with Crippen molar-refractivity contribution in [2.75, 3.05) is 5.32 Å². The molecule has 16 heavy (non-hydrogen) atoms. The number of halogens is 1. The smallest absolute Gasteiger partial charge is 0.0806 e. The van der Waals surface area contributed by atoms with Crippen molar-refractivity contribution in [3.8, 4) is 0 Å². The molecule has 3 nitrogen and oxygen atoms in total. The lowest BCUT2D eigenvalue weighted by Gasteiger charge is -2.14. The molecular weight excluding hydrogens is 222 g/mol. The average molecular weight is 234 g/mol. The minimum absolute atomic E-state index is 0.120. The third kappa shape index (κ3) is 2.70. The summed E-state index contributed by atoms with van der Waals surface area (Å²) in [4.78, 5) is 8.28. The first kappa shape index (κ1) is 10.9. The van der Waals surface area contributed by atoms with Crippen LogP contribution in [-0.4, -0.2) is 9.97 Å². The lowest BCUT2D eigenvalue weighted by atomic mass is 10.2.